The van der Waals surface area contributed by atoms with E-state index < -0.39 is 0 Å². The molecule has 0 amide bonds. The normalized spacial score (nSPS) is 11.7. The van der Waals surface area contributed by atoms with Crippen LogP contribution in [0.5, 0.6) is 11.8 Å². The molecule has 4 heteroatoms. The first kappa shape index (κ1) is 14.6. The standard InChI is InChI=1S/C16H22N2O2/c1-11-6-7-12(2)14(8-11)20-15-18-13(10-19-15)9-17-16(3,4)5/h6-8,10,17H,9H2,1-5H3. The van der Waals surface area contributed by atoms with Crippen LogP contribution in [0.4, 0.5) is 0 Å². The highest BCUT2D eigenvalue weighted by Gasteiger charge is 2.12. The maximum atomic E-state index is 5.70. The van der Waals surface area contributed by atoms with Gasteiger partial charge >= 0.3 is 6.08 Å². The predicted molar refractivity (Wildman–Crippen MR) is 79.1 cm³/mol. The van der Waals surface area contributed by atoms with E-state index in [1.807, 2.05) is 26.0 Å². The van der Waals surface area contributed by atoms with Crippen molar-refractivity contribution >= 4 is 0 Å². The number of nitrogens with one attached hydrogen (secondary N) is 1. The van der Waals surface area contributed by atoms with Gasteiger partial charge in [-0.1, -0.05) is 12.1 Å². The van der Waals surface area contributed by atoms with Gasteiger partial charge < -0.3 is 14.5 Å². The Morgan fingerprint density at radius 3 is 2.70 bits per heavy atom. The Balaban J connectivity index is 2.04. The van der Waals surface area contributed by atoms with Crippen LogP contribution < -0.4 is 10.1 Å². The van der Waals surface area contributed by atoms with Crippen molar-refractivity contribution in [1.82, 2.24) is 10.3 Å². The van der Waals surface area contributed by atoms with Gasteiger partial charge in [-0.05, 0) is 51.8 Å². The average molecular weight is 274 g/mol. The Hall–Kier alpha value is -1.81. The maximum Gasteiger partial charge on any atom is 0.399 e. The molecular weight excluding hydrogens is 252 g/mol. The van der Waals surface area contributed by atoms with Crippen LogP contribution in [0.3, 0.4) is 0 Å². The summed E-state index contributed by atoms with van der Waals surface area (Å²) in [5, 5.41) is 3.36. The molecular formula is C16H22N2O2. The van der Waals surface area contributed by atoms with E-state index in [4.69, 9.17) is 9.15 Å². The topological polar surface area (TPSA) is 47.3 Å². The second-order valence-corrected chi connectivity index (χ2v) is 6.08. The molecule has 0 radical (unpaired) electrons. The van der Waals surface area contributed by atoms with Crippen LogP contribution in [0.1, 0.15) is 37.6 Å². The maximum absolute atomic E-state index is 5.70. The molecule has 0 saturated heterocycles. The fourth-order valence-electron chi connectivity index (χ4n) is 1.68. The van der Waals surface area contributed by atoms with Gasteiger partial charge in [-0.15, -0.1) is 0 Å². The minimum absolute atomic E-state index is 0.0487. The number of nitrogens with zero attached hydrogens (tertiary/aromatic N) is 1. The van der Waals surface area contributed by atoms with Gasteiger partial charge in [-0.3, -0.25) is 0 Å². The molecule has 0 aliphatic carbocycles. The van der Waals surface area contributed by atoms with Crippen LogP contribution in [0.25, 0.3) is 0 Å². The SMILES string of the molecule is Cc1ccc(C)c(Oc2nc(CNC(C)(C)C)co2)c1. The summed E-state index contributed by atoms with van der Waals surface area (Å²) < 4.78 is 11.1. The summed E-state index contributed by atoms with van der Waals surface area (Å²) in [6.45, 7) is 11.0. The van der Waals surface area contributed by atoms with Gasteiger partial charge in [0.15, 0.2) is 0 Å². The van der Waals surface area contributed by atoms with Crippen LogP contribution in [-0.4, -0.2) is 10.5 Å². The van der Waals surface area contributed by atoms with Crippen molar-refractivity contribution in [3.63, 3.8) is 0 Å². The van der Waals surface area contributed by atoms with E-state index in [0.29, 0.717) is 6.54 Å². The number of rotatable bonds is 4. The predicted octanol–water partition coefficient (Wildman–Crippen LogP) is 3.97. The summed E-state index contributed by atoms with van der Waals surface area (Å²) in [5.74, 6) is 0.780. The Kier molecular flexibility index (Phi) is 4.14. The number of benzene rings is 1. The van der Waals surface area contributed by atoms with Crippen molar-refractivity contribution in [3.8, 4) is 11.8 Å². The number of hydrogen-bond acceptors (Lipinski definition) is 4. The Labute approximate surface area is 120 Å². The molecule has 108 valence electrons. The monoisotopic (exact) mass is 274 g/mol. The Morgan fingerprint density at radius 2 is 2.00 bits per heavy atom. The molecule has 2 rings (SSSR count). The quantitative estimate of drug-likeness (QED) is 0.916. The number of aromatic nitrogens is 1. The number of ether oxygens (including phenoxy) is 1. The van der Waals surface area contributed by atoms with Gasteiger partial charge in [0.1, 0.15) is 12.0 Å². The van der Waals surface area contributed by atoms with Crippen molar-refractivity contribution < 1.29 is 9.15 Å². The van der Waals surface area contributed by atoms with Crippen molar-refractivity contribution in [2.24, 2.45) is 0 Å². The molecule has 4 nitrogen and oxygen atoms in total. The summed E-state index contributed by atoms with van der Waals surface area (Å²) in [6, 6.07) is 6.05. The fraction of sp³-hybridized carbons (Fsp3) is 0.438. The molecule has 1 N–H and O–H groups in total. The van der Waals surface area contributed by atoms with Crippen LogP contribution in [-0.2, 0) is 6.54 Å². The Morgan fingerprint density at radius 1 is 1.25 bits per heavy atom. The third-order valence-corrected chi connectivity index (χ3v) is 2.87. The molecule has 1 aromatic heterocycles. The minimum atomic E-state index is 0.0487. The molecule has 0 fully saturated rings. The van der Waals surface area contributed by atoms with E-state index in [-0.39, 0.29) is 11.6 Å². The number of hydrogen-bond donors (Lipinski definition) is 1. The third kappa shape index (κ3) is 4.10. The van der Waals surface area contributed by atoms with E-state index in [1.54, 1.807) is 6.26 Å². The van der Waals surface area contributed by atoms with Crippen LogP contribution in [0.2, 0.25) is 0 Å². The zero-order valence-electron chi connectivity index (χ0n) is 12.8. The first-order valence-corrected chi connectivity index (χ1v) is 6.78. The summed E-state index contributed by atoms with van der Waals surface area (Å²) >= 11 is 0. The lowest BCUT2D eigenvalue weighted by atomic mass is 10.1. The minimum Gasteiger partial charge on any atom is -0.417 e. The molecule has 2 aromatic rings. The average Bonchev–Trinajstić information content (AvgIpc) is 2.78. The van der Waals surface area contributed by atoms with Crippen molar-refractivity contribution in [2.45, 2.75) is 46.7 Å². The van der Waals surface area contributed by atoms with Crippen LogP contribution >= 0.6 is 0 Å². The van der Waals surface area contributed by atoms with Gasteiger partial charge in [-0.2, -0.15) is 4.98 Å². The highest BCUT2D eigenvalue weighted by atomic mass is 16.6. The molecule has 0 aliphatic heterocycles. The first-order valence-electron chi connectivity index (χ1n) is 6.78. The summed E-state index contributed by atoms with van der Waals surface area (Å²) in [5.41, 5.74) is 3.09. The smallest absolute Gasteiger partial charge is 0.399 e. The first-order chi connectivity index (χ1) is 9.33. The lowest BCUT2D eigenvalue weighted by Gasteiger charge is -2.19. The number of aryl methyl sites for hydroxylation is 2. The number of oxazole rings is 1. The summed E-state index contributed by atoms with van der Waals surface area (Å²) in [7, 11) is 0. The molecule has 0 bridgehead atoms. The second-order valence-electron chi connectivity index (χ2n) is 6.08. The fourth-order valence-corrected chi connectivity index (χ4v) is 1.68. The zero-order valence-corrected chi connectivity index (χ0v) is 12.8. The molecule has 1 aromatic carbocycles. The molecule has 20 heavy (non-hydrogen) atoms. The highest BCUT2D eigenvalue weighted by Crippen LogP contribution is 2.25. The molecule has 0 saturated carbocycles. The van der Waals surface area contributed by atoms with Gasteiger partial charge in [0.25, 0.3) is 0 Å². The molecule has 0 unspecified atom stereocenters. The van der Waals surface area contributed by atoms with Gasteiger partial charge in [0, 0.05) is 12.1 Å². The molecule has 0 aliphatic rings. The lowest BCUT2D eigenvalue weighted by Crippen LogP contribution is -2.35. The largest absolute Gasteiger partial charge is 0.417 e. The van der Waals surface area contributed by atoms with Gasteiger partial charge in [-0.25, -0.2) is 0 Å². The molecule has 1 heterocycles. The summed E-state index contributed by atoms with van der Waals surface area (Å²) in [6.07, 6.45) is 1.91. The van der Waals surface area contributed by atoms with E-state index in [9.17, 15) is 0 Å². The lowest BCUT2D eigenvalue weighted by molar-refractivity contribution is 0.329. The van der Waals surface area contributed by atoms with Crippen molar-refractivity contribution in [3.05, 3.63) is 41.3 Å². The third-order valence-electron chi connectivity index (χ3n) is 2.87. The zero-order chi connectivity index (χ0) is 14.8. The van der Waals surface area contributed by atoms with Crippen LogP contribution in [0.15, 0.2) is 28.9 Å². The van der Waals surface area contributed by atoms with Crippen LogP contribution in [0, 0.1) is 13.8 Å². The van der Waals surface area contributed by atoms with Crippen molar-refractivity contribution in [2.75, 3.05) is 0 Å². The van der Waals surface area contributed by atoms with Gasteiger partial charge in [0.2, 0.25) is 0 Å². The van der Waals surface area contributed by atoms with Crippen molar-refractivity contribution in [1.29, 1.82) is 0 Å². The van der Waals surface area contributed by atoms with E-state index >= 15 is 0 Å². The summed E-state index contributed by atoms with van der Waals surface area (Å²) in [4.78, 5) is 4.33. The second kappa shape index (κ2) is 5.67. The highest BCUT2D eigenvalue weighted by molar-refractivity contribution is 5.37. The van der Waals surface area contributed by atoms with E-state index in [1.165, 1.54) is 0 Å². The van der Waals surface area contributed by atoms with Gasteiger partial charge in [0.05, 0.1) is 5.69 Å². The molecule has 0 spiro atoms. The van der Waals surface area contributed by atoms with E-state index in [2.05, 4.69) is 37.1 Å². The molecule has 0 atom stereocenters. The van der Waals surface area contributed by atoms with E-state index in [0.717, 1.165) is 22.6 Å². The Bertz CT molecular complexity index is 582.